The Balaban J connectivity index is 1.30. The highest BCUT2D eigenvalue weighted by molar-refractivity contribution is 5.91. The molecule has 3 rings (SSSR count). The van der Waals surface area contributed by atoms with E-state index in [0.29, 0.717) is 17.9 Å². The Kier molecular flexibility index (Phi) is 15.0. The number of esters is 1. The van der Waals surface area contributed by atoms with Crippen LogP contribution in [0.15, 0.2) is 61.2 Å². The van der Waals surface area contributed by atoms with Gasteiger partial charge in [-0.2, -0.15) is 0 Å². The van der Waals surface area contributed by atoms with Gasteiger partial charge in [-0.3, -0.25) is 0 Å². The first-order valence-corrected chi connectivity index (χ1v) is 16.2. The normalized spacial score (nSPS) is 17.8. The summed E-state index contributed by atoms with van der Waals surface area (Å²) in [5.41, 5.74) is 1.86. The maximum absolute atomic E-state index is 12.6. The maximum atomic E-state index is 12.6. The summed E-state index contributed by atoms with van der Waals surface area (Å²) in [5, 5.41) is 0. The van der Waals surface area contributed by atoms with E-state index in [-0.39, 0.29) is 5.97 Å². The largest absolute Gasteiger partial charge is 0.494 e. The van der Waals surface area contributed by atoms with Crippen LogP contribution in [0.2, 0.25) is 0 Å². The standard InChI is InChI=1S/C37H54O3/c1-4-6-7-8-11-14-31-15-17-32(18-16-31)19-20-33-21-25-36(26-22-33)40-37(38)34-23-27-35(28-24-34)39-29-12-9-10-13-30(3)5-2/h4,21-28,30-32H,1,5-20,29H2,2-3H3/t30-,31?,32?/m0/s1. The fourth-order valence-electron chi connectivity index (χ4n) is 5.82. The lowest BCUT2D eigenvalue weighted by Crippen LogP contribution is -2.15. The van der Waals surface area contributed by atoms with E-state index in [4.69, 9.17) is 9.47 Å². The van der Waals surface area contributed by atoms with Crippen LogP contribution in [0.25, 0.3) is 0 Å². The Hall–Kier alpha value is -2.55. The molecule has 1 saturated carbocycles. The van der Waals surface area contributed by atoms with Crippen molar-refractivity contribution < 1.29 is 14.3 Å². The van der Waals surface area contributed by atoms with E-state index in [1.807, 2.05) is 30.3 Å². The number of rotatable bonds is 19. The second kappa shape index (κ2) is 18.7. The number of carbonyl (C=O) groups excluding carboxylic acids is 1. The summed E-state index contributed by atoms with van der Waals surface area (Å²) < 4.78 is 11.5. The SMILES string of the molecule is C=CCCCCCC1CCC(CCc2ccc(OC(=O)c3ccc(OCCCCC[C@@H](C)CC)cc3)cc2)CC1. The highest BCUT2D eigenvalue weighted by Crippen LogP contribution is 2.34. The van der Waals surface area contributed by atoms with Gasteiger partial charge in [0.05, 0.1) is 12.2 Å². The molecule has 1 aliphatic rings. The Morgan fingerprint density at radius 1 is 0.850 bits per heavy atom. The zero-order chi connectivity index (χ0) is 28.4. The minimum atomic E-state index is -0.332. The quantitative estimate of drug-likeness (QED) is 0.0760. The Labute approximate surface area is 244 Å². The fourth-order valence-corrected chi connectivity index (χ4v) is 5.82. The van der Waals surface area contributed by atoms with Gasteiger partial charge in [0, 0.05) is 0 Å². The van der Waals surface area contributed by atoms with Crippen LogP contribution in [-0.2, 0) is 6.42 Å². The van der Waals surface area contributed by atoms with Crippen LogP contribution >= 0.6 is 0 Å². The zero-order valence-corrected chi connectivity index (χ0v) is 25.4. The highest BCUT2D eigenvalue weighted by Gasteiger charge is 2.20. The fraction of sp³-hybridized carbons (Fsp3) is 0.595. The average Bonchev–Trinajstić information content (AvgIpc) is 2.99. The first kappa shape index (κ1) is 32.0. The van der Waals surface area contributed by atoms with E-state index in [0.717, 1.165) is 36.3 Å². The molecule has 40 heavy (non-hydrogen) atoms. The van der Waals surface area contributed by atoms with E-state index in [1.165, 1.54) is 95.5 Å². The van der Waals surface area contributed by atoms with Crippen LogP contribution in [0.3, 0.4) is 0 Å². The number of carbonyl (C=O) groups is 1. The van der Waals surface area contributed by atoms with Gasteiger partial charge in [-0.15, -0.1) is 6.58 Å². The van der Waals surface area contributed by atoms with Gasteiger partial charge in [0.2, 0.25) is 0 Å². The van der Waals surface area contributed by atoms with E-state index in [2.05, 4.69) is 32.6 Å². The minimum absolute atomic E-state index is 0.332. The van der Waals surface area contributed by atoms with Gasteiger partial charge in [0.15, 0.2) is 0 Å². The molecule has 3 heteroatoms. The summed E-state index contributed by atoms with van der Waals surface area (Å²) in [4.78, 5) is 12.6. The van der Waals surface area contributed by atoms with E-state index >= 15 is 0 Å². The molecular weight excluding hydrogens is 492 g/mol. The van der Waals surface area contributed by atoms with Crippen LogP contribution in [0.4, 0.5) is 0 Å². The molecule has 2 aromatic rings. The third kappa shape index (κ3) is 12.3. The van der Waals surface area contributed by atoms with Crippen molar-refractivity contribution in [3.63, 3.8) is 0 Å². The second-order valence-corrected chi connectivity index (χ2v) is 12.1. The summed E-state index contributed by atoms with van der Waals surface area (Å²) in [6.45, 7) is 9.11. The number of unbranched alkanes of at least 4 members (excludes halogenated alkanes) is 5. The molecule has 1 fully saturated rings. The zero-order valence-electron chi connectivity index (χ0n) is 25.4. The summed E-state index contributed by atoms with van der Waals surface area (Å²) in [6, 6.07) is 15.4. The Morgan fingerprint density at radius 3 is 2.17 bits per heavy atom. The second-order valence-electron chi connectivity index (χ2n) is 12.1. The molecule has 0 N–H and O–H groups in total. The van der Waals surface area contributed by atoms with Gasteiger partial charge >= 0.3 is 5.97 Å². The van der Waals surface area contributed by atoms with E-state index in [9.17, 15) is 4.79 Å². The predicted octanol–water partition coefficient (Wildman–Crippen LogP) is 10.8. The molecule has 220 valence electrons. The number of hydrogen-bond donors (Lipinski definition) is 0. The molecule has 0 saturated heterocycles. The predicted molar refractivity (Wildman–Crippen MR) is 168 cm³/mol. The molecular formula is C37H54O3. The molecule has 0 amide bonds. The number of ether oxygens (including phenoxy) is 2. The van der Waals surface area contributed by atoms with E-state index in [1.54, 1.807) is 12.1 Å². The van der Waals surface area contributed by atoms with Gasteiger partial charge in [-0.1, -0.05) is 103 Å². The molecule has 0 bridgehead atoms. The van der Waals surface area contributed by atoms with Crippen molar-refractivity contribution >= 4 is 5.97 Å². The van der Waals surface area contributed by atoms with Gasteiger partial charge in [0.1, 0.15) is 11.5 Å². The molecule has 0 unspecified atom stereocenters. The number of allylic oxidation sites excluding steroid dienone is 1. The lowest BCUT2D eigenvalue weighted by molar-refractivity contribution is 0.0734. The topological polar surface area (TPSA) is 35.5 Å². The van der Waals surface area contributed by atoms with Crippen LogP contribution in [0, 0.1) is 17.8 Å². The van der Waals surface area contributed by atoms with Crippen LogP contribution in [-0.4, -0.2) is 12.6 Å². The average molecular weight is 547 g/mol. The van der Waals surface area contributed by atoms with Gasteiger partial charge in [-0.25, -0.2) is 4.79 Å². The third-order valence-electron chi connectivity index (χ3n) is 8.86. The summed E-state index contributed by atoms with van der Waals surface area (Å²) in [6.07, 6.45) is 22.7. The maximum Gasteiger partial charge on any atom is 0.343 e. The molecule has 0 aliphatic heterocycles. The molecule has 0 heterocycles. The summed E-state index contributed by atoms with van der Waals surface area (Å²) in [5.74, 6) is 3.69. The van der Waals surface area contributed by atoms with E-state index < -0.39 is 0 Å². The Bertz CT molecular complexity index is 954. The van der Waals surface area contributed by atoms with Gasteiger partial charge < -0.3 is 9.47 Å². The smallest absolute Gasteiger partial charge is 0.343 e. The molecule has 0 spiro atoms. The summed E-state index contributed by atoms with van der Waals surface area (Å²) >= 11 is 0. The number of benzene rings is 2. The van der Waals surface area contributed by atoms with Gasteiger partial charge in [-0.05, 0) is 91.8 Å². The highest BCUT2D eigenvalue weighted by atomic mass is 16.5. The molecule has 1 aliphatic carbocycles. The Morgan fingerprint density at radius 2 is 1.50 bits per heavy atom. The monoisotopic (exact) mass is 546 g/mol. The lowest BCUT2D eigenvalue weighted by Gasteiger charge is -2.28. The van der Waals surface area contributed by atoms with Crippen molar-refractivity contribution in [2.24, 2.45) is 17.8 Å². The lowest BCUT2D eigenvalue weighted by atomic mass is 9.78. The van der Waals surface area contributed by atoms with Crippen LogP contribution in [0.1, 0.15) is 126 Å². The van der Waals surface area contributed by atoms with Crippen molar-refractivity contribution in [1.82, 2.24) is 0 Å². The van der Waals surface area contributed by atoms with Crippen molar-refractivity contribution in [3.05, 3.63) is 72.3 Å². The third-order valence-corrected chi connectivity index (χ3v) is 8.86. The molecule has 0 aromatic heterocycles. The molecule has 3 nitrogen and oxygen atoms in total. The minimum Gasteiger partial charge on any atom is -0.494 e. The number of hydrogen-bond acceptors (Lipinski definition) is 3. The van der Waals surface area contributed by atoms with Crippen LogP contribution < -0.4 is 9.47 Å². The first-order valence-electron chi connectivity index (χ1n) is 16.2. The van der Waals surface area contributed by atoms with Crippen LogP contribution in [0.5, 0.6) is 11.5 Å². The summed E-state index contributed by atoms with van der Waals surface area (Å²) in [7, 11) is 0. The molecule has 0 radical (unpaired) electrons. The number of aryl methyl sites for hydroxylation is 1. The molecule has 2 aromatic carbocycles. The van der Waals surface area contributed by atoms with Gasteiger partial charge in [0.25, 0.3) is 0 Å². The first-order chi connectivity index (χ1) is 19.6. The van der Waals surface area contributed by atoms with Crippen molar-refractivity contribution in [2.45, 2.75) is 117 Å². The van der Waals surface area contributed by atoms with Crippen molar-refractivity contribution in [1.29, 1.82) is 0 Å². The molecule has 1 atom stereocenters. The van der Waals surface area contributed by atoms with Crippen molar-refractivity contribution in [3.8, 4) is 11.5 Å². The van der Waals surface area contributed by atoms with Crippen molar-refractivity contribution in [2.75, 3.05) is 6.61 Å².